The number of fused-ring (bicyclic) bond motifs is 1. The molecule has 0 saturated heterocycles. The lowest BCUT2D eigenvalue weighted by Crippen LogP contribution is -1.96. The number of methoxy groups -OCH3 is 1. The Morgan fingerprint density at radius 3 is 2.58 bits per heavy atom. The molecule has 0 saturated carbocycles. The largest absolute Gasteiger partial charge is 0.497 e. The van der Waals surface area contributed by atoms with E-state index in [4.69, 9.17) is 4.74 Å². The molecule has 0 radical (unpaired) electrons. The van der Waals surface area contributed by atoms with Crippen LogP contribution >= 0.6 is 11.8 Å². The molecule has 0 unspecified atom stereocenters. The van der Waals surface area contributed by atoms with Crippen LogP contribution < -0.4 is 4.74 Å². The molecule has 2 aromatic heterocycles. The van der Waals surface area contributed by atoms with Crippen LogP contribution in [0, 0.1) is 6.92 Å². The fraction of sp³-hybridized carbons (Fsp3) is 0.158. The Kier molecular flexibility index (Phi) is 4.30. The third-order valence-corrected chi connectivity index (χ3v) is 5.18. The van der Waals surface area contributed by atoms with Crippen LogP contribution in [-0.4, -0.2) is 31.8 Å². The zero-order chi connectivity index (χ0) is 18.1. The third kappa shape index (κ3) is 3.01. The molecule has 0 aliphatic heterocycles. The molecular formula is C19H17N5OS. The van der Waals surface area contributed by atoms with Crippen LogP contribution in [0.15, 0.2) is 59.0 Å². The maximum absolute atomic E-state index is 5.21. The van der Waals surface area contributed by atoms with Gasteiger partial charge in [0.2, 0.25) is 0 Å². The Balaban J connectivity index is 1.70. The number of rotatable bonds is 4. The standard InChI is InChI=1S/C19H17N5OS/c1-12-4-9-16-15(10-12)18(21-11-20-16)26-19-23-22-17(24(19)2)13-5-7-14(25-3)8-6-13/h4-11H,1-3H3. The van der Waals surface area contributed by atoms with Crippen LogP contribution in [0.25, 0.3) is 22.3 Å². The van der Waals surface area contributed by atoms with Gasteiger partial charge in [-0.25, -0.2) is 9.97 Å². The van der Waals surface area contributed by atoms with Crippen LogP contribution in [0.5, 0.6) is 5.75 Å². The molecule has 0 N–H and O–H groups in total. The van der Waals surface area contributed by atoms with E-state index in [9.17, 15) is 0 Å². The smallest absolute Gasteiger partial charge is 0.197 e. The van der Waals surface area contributed by atoms with Crippen molar-refractivity contribution >= 4 is 22.7 Å². The van der Waals surface area contributed by atoms with Crippen LogP contribution in [-0.2, 0) is 7.05 Å². The van der Waals surface area contributed by atoms with Gasteiger partial charge in [-0.05, 0) is 55.1 Å². The lowest BCUT2D eigenvalue weighted by molar-refractivity contribution is 0.415. The van der Waals surface area contributed by atoms with E-state index in [2.05, 4.69) is 33.2 Å². The zero-order valence-corrected chi connectivity index (χ0v) is 15.5. The lowest BCUT2D eigenvalue weighted by atomic mass is 10.2. The van der Waals surface area contributed by atoms with E-state index in [1.807, 2.05) is 48.0 Å². The molecular weight excluding hydrogens is 346 g/mol. The van der Waals surface area contributed by atoms with Gasteiger partial charge in [-0.2, -0.15) is 0 Å². The summed E-state index contributed by atoms with van der Waals surface area (Å²) in [5.74, 6) is 1.61. The average molecular weight is 363 g/mol. The molecule has 2 aromatic carbocycles. The van der Waals surface area contributed by atoms with Gasteiger partial charge in [0, 0.05) is 18.0 Å². The highest BCUT2D eigenvalue weighted by molar-refractivity contribution is 7.99. The summed E-state index contributed by atoms with van der Waals surface area (Å²) in [4.78, 5) is 8.78. The molecule has 0 bridgehead atoms. The van der Waals surface area contributed by atoms with Crippen molar-refractivity contribution in [3.63, 3.8) is 0 Å². The van der Waals surface area contributed by atoms with Crippen molar-refractivity contribution in [1.82, 2.24) is 24.7 Å². The second-order valence-corrected chi connectivity index (χ2v) is 6.85. The number of aryl methyl sites for hydroxylation is 1. The average Bonchev–Trinajstić information content (AvgIpc) is 3.03. The Morgan fingerprint density at radius 2 is 1.81 bits per heavy atom. The molecule has 6 nitrogen and oxygen atoms in total. The van der Waals surface area contributed by atoms with Gasteiger partial charge in [0.15, 0.2) is 11.0 Å². The monoisotopic (exact) mass is 363 g/mol. The number of benzene rings is 2. The summed E-state index contributed by atoms with van der Waals surface area (Å²) in [5.41, 5.74) is 3.08. The molecule has 0 aliphatic carbocycles. The minimum atomic E-state index is 0.775. The van der Waals surface area contributed by atoms with Crippen LogP contribution in [0.3, 0.4) is 0 Å². The summed E-state index contributed by atoms with van der Waals surface area (Å²) in [6, 6.07) is 13.9. The van der Waals surface area contributed by atoms with Crippen molar-refractivity contribution in [1.29, 1.82) is 0 Å². The molecule has 2 heterocycles. The molecule has 0 aliphatic rings. The van der Waals surface area contributed by atoms with E-state index in [1.54, 1.807) is 13.4 Å². The molecule has 130 valence electrons. The third-order valence-electron chi connectivity index (χ3n) is 4.13. The van der Waals surface area contributed by atoms with Gasteiger partial charge in [0.05, 0.1) is 12.6 Å². The second-order valence-electron chi connectivity index (χ2n) is 5.90. The van der Waals surface area contributed by atoms with Gasteiger partial charge in [-0.15, -0.1) is 10.2 Å². The van der Waals surface area contributed by atoms with Gasteiger partial charge < -0.3 is 9.30 Å². The van der Waals surface area contributed by atoms with Crippen molar-refractivity contribution < 1.29 is 4.74 Å². The highest BCUT2D eigenvalue weighted by Crippen LogP contribution is 2.32. The van der Waals surface area contributed by atoms with E-state index in [0.29, 0.717) is 0 Å². The van der Waals surface area contributed by atoms with E-state index < -0.39 is 0 Å². The Morgan fingerprint density at radius 1 is 1.00 bits per heavy atom. The molecule has 4 aromatic rings. The van der Waals surface area contributed by atoms with Crippen LogP contribution in [0.1, 0.15) is 5.56 Å². The summed E-state index contributed by atoms with van der Waals surface area (Å²) in [7, 11) is 3.61. The van der Waals surface area contributed by atoms with Gasteiger partial charge in [-0.1, -0.05) is 11.6 Å². The first-order chi connectivity index (χ1) is 12.7. The first-order valence-corrected chi connectivity index (χ1v) is 8.90. The van der Waals surface area contributed by atoms with E-state index >= 15 is 0 Å². The molecule has 0 spiro atoms. The highest BCUT2D eigenvalue weighted by Gasteiger charge is 2.14. The summed E-state index contributed by atoms with van der Waals surface area (Å²) < 4.78 is 7.18. The van der Waals surface area contributed by atoms with Gasteiger partial charge in [0.25, 0.3) is 0 Å². The molecule has 0 amide bonds. The van der Waals surface area contributed by atoms with Crippen LogP contribution in [0.2, 0.25) is 0 Å². The highest BCUT2D eigenvalue weighted by atomic mass is 32.2. The Bertz CT molecular complexity index is 1080. The van der Waals surface area contributed by atoms with E-state index in [1.165, 1.54) is 17.3 Å². The summed E-state index contributed by atoms with van der Waals surface area (Å²) in [5, 5.41) is 11.4. The molecule has 0 fully saturated rings. The van der Waals surface area contributed by atoms with Crippen molar-refractivity contribution in [3.8, 4) is 17.1 Å². The van der Waals surface area contributed by atoms with Crippen molar-refractivity contribution in [2.45, 2.75) is 17.1 Å². The lowest BCUT2D eigenvalue weighted by Gasteiger charge is -2.06. The minimum Gasteiger partial charge on any atom is -0.497 e. The topological polar surface area (TPSA) is 65.7 Å². The molecule has 0 atom stereocenters. The van der Waals surface area contributed by atoms with Crippen molar-refractivity contribution in [2.24, 2.45) is 7.05 Å². The number of aromatic nitrogens is 5. The molecule has 26 heavy (non-hydrogen) atoms. The van der Waals surface area contributed by atoms with Crippen molar-refractivity contribution in [2.75, 3.05) is 7.11 Å². The van der Waals surface area contributed by atoms with E-state index in [-0.39, 0.29) is 0 Å². The quantitative estimate of drug-likeness (QED) is 0.513. The molecule has 4 rings (SSSR count). The Hall–Kier alpha value is -2.93. The summed E-state index contributed by atoms with van der Waals surface area (Å²) in [6.07, 6.45) is 1.58. The fourth-order valence-corrected chi connectivity index (χ4v) is 3.56. The van der Waals surface area contributed by atoms with E-state index in [0.717, 1.165) is 38.2 Å². The van der Waals surface area contributed by atoms with Gasteiger partial charge >= 0.3 is 0 Å². The zero-order valence-electron chi connectivity index (χ0n) is 14.7. The number of hydrogen-bond acceptors (Lipinski definition) is 6. The van der Waals surface area contributed by atoms with Gasteiger partial charge in [0.1, 0.15) is 17.1 Å². The van der Waals surface area contributed by atoms with Crippen LogP contribution in [0.4, 0.5) is 0 Å². The number of nitrogens with zero attached hydrogens (tertiary/aromatic N) is 5. The summed E-state index contributed by atoms with van der Waals surface area (Å²) in [6.45, 7) is 2.06. The number of ether oxygens (including phenoxy) is 1. The normalized spacial score (nSPS) is 11.0. The predicted molar refractivity (Wildman–Crippen MR) is 101 cm³/mol. The predicted octanol–water partition coefficient (Wildman–Crippen LogP) is 3.89. The molecule has 7 heteroatoms. The van der Waals surface area contributed by atoms with Gasteiger partial charge in [-0.3, -0.25) is 0 Å². The summed E-state index contributed by atoms with van der Waals surface area (Å²) >= 11 is 1.49. The maximum Gasteiger partial charge on any atom is 0.197 e. The fourth-order valence-electron chi connectivity index (χ4n) is 2.71. The Labute approximate surface area is 155 Å². The first-order valence-electron chi connectivity index (χ1n) is 8.09. The maximum atomic E-state index is 5.21. The first kappa shape index (κ1) is 16.5. The van der Waals surface area contributed by atoms with Crippen molar-refractivity contribution in [3.05, 3.63) is 54.4 Å². The second kappa shape index (κ2) is 6.76. The SMILES string of the molecule is COc1ccc(-c2nnc(Sc3ncnc4ccc(C)cc34)n2C)cc1. The number of hydrogen-bond donors (Lipinski definition) is 0. The minimum absolute atomic E-state index is 0.775.